The molecule has 6 nitrogen and oxygen atoms in total. The molecule has 0 amide bonds. The molecule has 0 aliphatic carbocycles. The quantitative estimate of drug-likeness (QED) is 0.822. The average Bonchev–Trinajstić information content (AvgIpc) is 2.48. The smallest absolute Gasteiger partial charge is 0.283 e. The van der Waals surface area contributed by atoms with Crippen molar-refractivity contribution in [3.63, 3.8) is 0 Å². The highest BCUT2D eigenvalue weighted by molar-refractivity contribution is 9.10. The Balaban J connectivity index is 2.00. The average molecular weight is 339 g/mol. The largest absolute Gasteiger partial charge is 0.394 e. The first-order chi connectivity index (χ1) is 9.72. The van der Waals surface area contributed by atoms with E-state index < -0.39 is 0 Å². The second-order valence-electron chi connectivity index (χ2n) is 4.16. The number of aromatic nitrogens is 3. The molecule has 2 heterocycles. The van der Waals surface area contributed by atoms with Gasteiger partial charge in [0.1, 0.15) is 4.47 Å². The predicted octanol–water partition coefficient (Wildman–Crippen LogP) is 1.05. The van der Waals surface area contributed by atoms with E-state index in [4.69, 9.17) is 5.11 Å². The molecule has 0 unspecified atom stereocenters. The van der Waals surface area contributed by atoms with Crippen molar-refractivity contribution in [1.29, 1.82) is 0 Å². The van der Waals surface area contributed by atoms with Crippen LogP contribution in [0.3, 0.4) is 0 Å². The van der Waals surface area contributed by atoms with Crippen LogP contribution in [-0.4, -0.2) is 33.0 Å². The van der Waals surface area contributed by atoms with Gasteiger partial charge in [-0.05, 0) is 40.0 Å². The van der Waals surface area contributed by atoms with Gasteiger partial charge >= 0.3 is 0 Å². The van der Waals surface area contributed by atoms with Gasteiger partial charge in [-0.15, -0.1) is 0 Å². The molecule has 0 aliphatic heterocycles. The maximum Gasteiger partial charge on any atom is 0.283 e. The zero-order chi connectivity index (χ0) is 14.4. The molecule has 0 radical (unpaired) electrons. The minimum absolute atomic E-state index is 0.117. The van der Waals surface area contributed by atoms with Crippen LogP contribution in [-0.2, 0) is 13.0 Å². The summed E-state index contributed by atoms with van der Waals surface area (Å²) in [5.41, 5.74) is 1.57. The first kappa shape index (κ1) is 14.7. The van der Waals surface area contributed by atoms with Crippen LogP contribution in [0.1, 0.15) is 5.56 Å². The van der Waals surface area contributed by atoms with Crippen LogP contribution in [0.2, 0.25) is 0 Å². The molecule has 0 fully saturated rings. The van der Waals surface area contributed by atoms with Crippen LogP contribution in [0.25, 0.3) is 0 Å². The van der Waals surface area contributed by atoms with Crippen LogP contribution in [0.5, 0.6) is 0 Å². The highest BCUT2D eigenvalue weighted by atomic mass is 79.9. The number of hydrogen-bond donors (Lipinski definition) is 2. The summed E-state index contributed by atoms with van der Waals surface area (Å²) in [4.78, 5) is 15.9. The Kier molecular flexibility index (Phi) is 5.25. The van der Waals surface area contributed by atoms with Gasteiger partial charge in [-0.2, -0.15) is 5.10 Å². The third-order valence-corrected chi connectivity index (χ3v) is 3.54. The number of nitrogens with zero attached hydrogens (tertiary/aromatic N) is 3. The number of aliphatic hydroxyl groups is 1. The van der Waals surface area contributed by atoms with Crippen LogP contribution < -0.4 is 10.9 Å². The molecule has 2 aromatic heterocycles. The number of anilines is 1. The first-order valence-corrected chi connectivity index (χ1v) is 7.01. The number of nitrogens with one attached hydrogen (secondary N) is 1. The topological polar surface area (TPSA) is 80.0 Å². The lowest BCUT2D eigenvalue weighted by atomic mass is 10.2. The van der Waals surface area contributed by atoms with Crippen LogP contribution in [0.15, 0.2) is 40.0 Å². The van der Waals surface area contributed by atoms with Crippen molar-refractivity contribution in [1.82, 2.24) is 14.8 Å². The van der Waals surface area contributed by atoms with E-state index in [0.717, 1.165) is 6.42 Å². The standard InChI is InChI=1S/C13H15BrN4O2/c14-12-11(9-17-18(7-8-19)13(12)20)16-6-3-10-1-4-15-5-2-10/h1-2,4-5,9,16,19H,3,6-8H2. The van der Waals surface area contributed by atoms with E-state index >= 15 is 0 Å². The van der Waals surface area contributed by atoms with Crippen molar-refractivity contribution in [2.24, 2.45) is 0 Å². The third-order valence-electron chi connectivity index (χ3n) is 2.78. The van der Waals surface area contributed by atoms with Gasteiger partial charge < -0.3 is 10.4 Å². The predicted molar refractivity (Wildman–Crippen MR) is 79.7 cm³/mol. The fourth-order valence-electron chi connectivity index (χ4n) is 1.73. The maximum absolute atomic E-state index is 11.9. The zero-order valence-corrected chi connectivity index (χ0v) is 12.4. The Bertz CT molecular complexity index is 616. The maximum atomic E-state index is 11.9. The van der Waals surface area contributed by atoms with E-state index in [1.54, 1.807) is 18.6 Å². The second kappa shape index (κ2) is 7.16. The molecule has 0 saturated heterocycles. The summed E-state index contributed by atoms with van der Waals surface area (Å²) in [6, 6.07) is 3.91. The molecule has 0 aliphatic rings. The number of hydrogen-bond acceptors (Lipinski definition) is 5. The molecule has 7 heteroatoms. The van der Waals surface area contributed by atoms with Crippen molar-refractivity contribution in [3.8, 4) is 0 Å². The van der Waals surface area contributed by atoms with Gasteiger partial charge in [-0.1, -0.05) is 0 Å². The normalized spacial score (nSPS) is 10.5. The molecule has 0 atom stereocenters. The van der Waals surface area contributed by atoms with Crippen molar-refractivity contribution in [3.05, 3.63) is 51.1 Å². The molecule has 0 saturated carbocycles. The van der Waals surface area contributed by atoms with Crippen molar-refractivity contribution in [2.45, 2.75) is 13.0 Å². The molecule has 0 aromatic carbocycles. The van der Waals surface area contributed by atoms with Crippen molar-refractivity contribution < 1.29 is 5.11 Å². The molecule has 2 N–H and O–H groups in total. The third kappa shape index (κ3) is 3.64. The lowest BCUT2D eigenvalue weighted by molar-refractivity contribution is 0.266. The second-order valence-corrected chi connectivity index (χ2v) is 4.95. The lowest BCUT2D eigenvalue weighted by Gasteiger charge is -2.09. The number of rotatable bonds is 6. The van der Waals surface area contributed by atoms with Gasteiger partial charge in [0.25, 0.3) is 5.56 Å². The number of pyridine rings is 1. The van der Waals surface area contributed by atoms with Gasteiger partial charge in [0.15, 0.2) is 0 Å². The van der Waals surface area contributed by atoms with Crippen molar-refractivity contribution in [2.75, 3.05) is 18.5 Å². The van der Waals surface area contributed by atoms with Crippen molar-refractivity contribution >= 4 is 21.6 Å². The Hall–Kier alpha value is -1.73. The fraction of sp³-hybridized carbons (Fsp3) is 0.308. The summed E-state index contributed by atoms with van der Waals surface area (Å²) in [5.74, 6) is 0. The van der Waals surface area contributed by atoms with Gasteiger partial charge in [0.2, 0.25) is 0 Å². The van der Waals surface area contributed by atoms with Gasteiger partial charge in [0.05, 0.1) is 25.0 Å². The Morgan fingerprint density at radius 1 is 1.35 bits per heavy atom. The summed E-state index contributed by atoms with van der Waals surface area (Å²) in [6.45, 7) is 0.761. The van der Waals surface area contributed by atoms with Gasteiger partial charge in [-0.25, -0.2) is 4.68 Å². The first-order valence-electron chi connectivity index (χ1n) is 6.21. The molecule has 0 spiro atoms. The summed E-state index contributed by atoms with van der Waals surface area (Å²) in [5, 5.41) is 16.0. The monoisotopic (exact) mass is 338 g/mol. The fourth-order valence-corrected chi connectivity index (χ4v) is 2.18. The summed E-state index contributed by atoms with van der Waals surface area (Å²) < 4.78 is 1.65. The van der Waals surface area contributed by atoms with Crippen LogP contribution in [0, 0.1) is 0 Å². The van der Waals surface area contributed by atoms with E-state index in [2.05, 4.69) is 31.3 Å². The highest BCUT2D eigenvalue weighted by Gasteiger charge is 2.07. The minimum Gasteiger partial charge on any atom is -0.394 e. The Labute approximate surface area is 124 Å². The summed E-state index contributed by atoms with van der Waals surface area (Å²) in [6.07, 6.45) is 5.91. The van der Waals surface area contributed by atoms with E-state index in [9.17, 15) is 4.79 Å². The van der Waals surface area contributed by atoms with E-state index in [1.165, 1.54) is 10.2 Å². The molecule has 106 valence electrons. The molecule has 2 aromatic rings. The molecular formula is C13H15BrN4O2. The SMILES string of the molecule is O=c1c(Br)c(NCCc2ccncc2)cnn1CCO. The summed E-state index contributed by atoms with van der Waals surface area (Å²) in [7, 11) is 0. The Morgan fingerprint density at radius 2 is 2.10 bits per heavy atom. The van der Waals surface area contributed by atoms with E-state index in [1.807, 2.05) is 12.1 Å². The molecule has 2 rings (SSSR count). The number of aliphatic hydroxyl groups excluding tert-OH is 1. The zero-order valence-electron chi connectivity index (χ0n) is 10.8. The van der Waals surface area contributed by atoms with Gasteiger partial charge in [0, 0.05) is 18.9 Å². The van der Waals surface area contributed by atoms with Crippen LogP contribution in [0.4, 0.5) is 5.69 Å². The Morgan fingerprint density at radius 3 is 2.80 bits per heavy atom. The highest BCUT2D eigenvalue weighted by Crippen LogP contribution is 2.15. The van der Waals surface area contributed by atoms with E-state index in [-0.39, 0.29) is 18.7 Å². The number of halogens is 1. The lowest BCUT2D eigenvalue weighted by Crippen LogP contribution is -2.26. The van der Waals surface area contributed by atoms with Gasteiger partial charge in [-0.3, -0.25) is 9.78 Å². The minimum atomic E-state index is -0.257. The summed E-state index contributed by atoms with van der Waals surface area (Å²) >= 11 is 3.26. The molecule has 20 heavy (non-hydrogen) atoms. The van der Waals surface area contributed by atoms with E-state index in [0.29, 0.717) is 16.7 Å². The van der Waals surface area contributed by atoms with Crippen LogP contribution >= 0.6 is 15.9 Å². The molecule has 0 bridgehead atoms. The molecular weight excluding hydrogens is 324 g/mol.